The van der Waals surface area contributed by atoms with Crippen LogP contribution in [0.15, 0.2) is 54.9 Å². The summed E-state index contributed by atoms with van der Waals surface area (Å²) < 4.78 is 14.2. The summed E-state index contributed by atoms with van der Waals surface area (Å²) in [4.78, 5) is 21.2. The van der Waals surface area contributed by atoms with E-state index >= 15 is 0 Å². The first-order valence-electron chi connectivity index (χ1n) is 10.2. The topological polar surface area (TPSA) is 70.2 Å². The third kappa shape index (κ3) is 2.57. The third-order valence-electron chi connectivity index (χ3n) is 5.82. The Morgan fingerprint density at radius 2 is 1.52 bits per heavy atom. The molecule has 4 heterocycles. The van der Waals surface area contributed by atoms with Crippen molar-refractivity contribution in [2.45, 2.75) is 26.2 Å². The highest BCUT2D eigenvalue weighted by molar-refractivity contribution is 6.21. The number of nitrogens with one attached hydrogen (secondary N) is 2. The number of aromatic nitrogens is 5. The van der Waals surface area contributed by atoms with Gasteiger partial charge in [-0.05, 0) is 42.5 Å². The Kier molecular flexibility index (Phi) is 3.55. The molecule has 4 aromatic heterocycles. The number of aromatic amines is 2. The highest BCUT2D eigenvalue weighted by Gasteiger charge is 2.26. The average Bonchev–Trinajstić information content (AvgIpc) is 3.35. The Bertz CT molecular complexity index is 1560. The van der Waals surface area contributed by atoms with E-state index in [0.29, 0.717) is 5.82 Å². The fourth-order valence-electron chi connectivity index (χ4n) is 4.43. The van der Waals surface area contributed by atoms with Gasteiger partial charge in [0.15, 0.2) is 0 Å². The molecule has 152 valence electrons. The fraction of sp³-hybridized carbons (Fsp3) is 0.160. The molecule has 0 bridgehead atoms. The lowest BCUT2D eigenvalue weighted by Crippen LogP contribution is -2.13. The maximum Gasteiger partial charge on any atom is 0.141 e. The molecule has 0 saturated carbocycles. The first kappa shape index (κ1) is 18.0. The lowest BCUT2D eigenvalue weighted by atomic mass is 9.88. The molecule has 0 amide bonds. The molecule has 0 saturated heterocycles. The number of nitrogens with zero attached hydrogens (tertiary/aromatic N) is 3. The Morgan fingerprint density at radius 1 is 0.806 bits per heavy atom. The highest BCUT2D eigenvalue weighted by Crippen LogP contribution is 2.40. The van der Waals surface area contributed by atoms with E-state index in [1.807, 2.05) is 24.3 Å². The van der Waals surface area contributed by atoms with Gasteiger partial charge in [-0.15, -0.1) is 0 Å². The summed E-state index contributed by atoms with van der Waals surface area (Å²) in [6.07, 6.45) is 3.55. The molecular formula is C25H20FN5. The Balaban J connectivity index is 1.78. The molecule has 0 aliphatic carbocycles. The van der Waals surface area contributed by atoms with E-state index in [4.69, 9.17) is 4.98 Å². The van der Waals surface area contributed by atoms with Crippen molar-refractivity contribution in [3.05, 3.63) is 66.4 Å². The van der Waals surface area contributed by atoms with Gasteiger partial charge in [0.2, 0.25) is 0 Å². The minimum absolute atomic E-state index is 0.183. The zero-order valence-electron chi connectivity index (χ0n) is 17.4. The van der Waals surface area contributed by atoms with Crippen molar-refractivity contribution < 1.29 is 4.39 Å². The summed E-state index contributed by atoms with van der Waals surface area (Å²) in [5, 5.41) is 2.72. The highest BCUT2D eigenvalue weighted by atomic mass is 19.1. The van der Waals surface area contributed by atoms with Crippen molar-refractivity contribution in [3.63, 3.8) is 0 Å². The predicted molar refractivity (Wildman–Crippen MR) is 123 cm³/mol. The van der Waals surface area contributed by atoms with Crippen LogP contribution < -0.4 is 0 Å². The van der Waals surface area contributed by atoms with Crippen molar-refractivity contribution >= 4 is 43.7 Å². The fourth-order valence-corrected chi connectivity index (χ4v) is 4.43. The van der Waals surface area contributed by atoms with E-state index in [1.54, 1.807) is 24.5 Å². The lowest BCUT2D eigenvalue weighted by Gasteiger charge is -2.18. The molecule has 0 aliphatic heterocycles. The number of halogens is 1. The zero-order valence-corrected chi connectivity index (χ0v) is 17.4. The molecule has 2 N–H and O–H groups in total. The molecule has 0 atom stereocenters. The van der Waals surface area contributed by atoms with Crippen LogP contribution in [0.3, 0.4) is 0 Å². The number of imidazole rings is 1. The van der Waals surface area contributed by atoms with Crippen molar-refractivity contribution in [3.8, 4) is 11.4 Å². The van der Waals surface area contributed by atoms with Gasteiger partial charge in [0.25, 0.3) is 0 Å². The molecule has 2 aromatic carbocycles. The van der Waals surface area contributed by atoms with Crippen LogP contribution in [0.2, 0.25) is 0 Å². The van der Waals surface area contributed by atoms with Gasteiger partial charge < -0.3 is 9.97 Å². The van der Waals surface area contributed by atoms with Gasteiger partial charge >= 0.3 is 0 Å². The van der Waals surface area contributed by atoms with Gasteiger partial charge in [0.1, 0.15) is 11.6 Å². The summed E-state index contributed by atoms with van der Waals surface area (Å²) in [7, 11) is 0. The van der Waals surface area contributed by atoms with Crippen molar-refractivity contribution in [1.29, 1.82) is 0 Å². The Hall–Kier alpha value is -3.80. The van der Waals surface area contributed by atoms with Crippen molar-refractivity contribution in [2.75, 3.05) is 0 Å². The number of fused-ring (bicyclic) bond motifs is 7. The normalized spacial score (nSPS) is 12.5. The number of hydrogen-bond donors (Lipinski definition) is 2. The SMILES string of the molecule is CC(C)(C)c1[nH]c2ccc(F)cc2c1-c1nc2c3cccnc3c3ncccc3c2[nH]1. The third-order valence-corrected chi connectivity index (χ3v) is 5.82. The van der Waals surface area contributed by atoms with E-state index in [0.717, 1.165) is 55.0 Å². The maximum absolute atomic E-state index is 14.2. The first-order valence-corrected chi connectivity index (χ1v) is 10.2. The Morgan fingerprint density at radius 3 is 2.26 bits per heavy atom. The molecule has 6 aromatic rings. The standard InChI is InChI=1S/C25H20FN5/c1-25(2,3)23-18(16-12-13(26)8-9-17(16)29-23)24-30-21-14-6-4-10-27-19(14)20-15(22(21)31-24)7-5-11-28-20/h4-12,29H,1-3H3,(H,30,31). The van der Waals surface area contributed by atoms with Gasteiger partial charge in [-0.2, -0.15) is 0 Å². The average molecular weight is 409 g/mol. The van der Waals surface area contributed by atoms with Gasteiger partial charge in [-0.1, -0.05) is 20.8 Å². The molecule has 0 unspecified atom stereocenters. The molecule has 6 rings (SSSR count). The number of pyridine rings is 2. The first-order chi connectivity index (χ1) is 14.9. The molecule has 0 fully saturated rings. The van der Waals surface area contributed by atoms with Gasteiger partial charge in [-0.3, -0.25) is 9.97 Å². The second kappa shape index (κ2) is 6.11. The molecule has 0 radical (unpaired) electrons. The molecule has 0 aliphatic rings. The number of hydrogen-bond acceptors (Lipinski definition) is 3. The van der Waals surface area contributed by atoms with E-state index < -0.39 is 0 Å². The maximum atomic E-state index is 14.2. The molecular weight excluding hydrogens is 389 g/mol. The summed E-state index contributed by atoms with van der Waals surface area (Å²) in [5.74, 6) is 0.437. The minimum Gasteiger partial charge on any atom is -0.357 e. The lowest BCUT2D eigenvalue weighted by molar-refractivity contribution is 0.575. The van der Waals surface area contributed by atoms with E-state index in [-0.39, 0.29) is 11.2 Å². The quantitative estimate of drug-likeness (QED) is 0.316. The zero-order chi connectivity index (χ0) is 21.3. The number of benzene rings is 2. The van der Waals surface area contributed by atoms with Gasteiger partial charge in [0, 0.05) is 50.7 Å². The predicted octanol–water partition coefficient (Wildman–Crippen LogP) is 6.24. The molecule has 31 heavy (non-hydrogen) atoms. The molecule has 6 heteroatoms. The summed E-state index contributed by atoms with van der Waals surface area (Å²) in [5.41, 5.74) is 6.01. The van der Waals surface area contributed by atoms with Crippen LogP contribution in [0, 0.1) is 5.82 Å². The van der Waals surface area contributed by atoms with Gasteiger partial charge in [-0.25, -0.2) is 9.37 Å². The summed E-state index contributed by atoms with van der Waals surface area (Å²) >= 11 is 0. The van der Waals surface area contributed by atoms with Crippen LogP contribution in [0.25, 0.3) is 55.1 Å². The Labute approximate surface area is 177 Å². The number of H-pyrrole nitrogens is 2. The van der Waals surface area contributed by atoms with Crippen LogP contribution >= 0.6 is 0 Å². The van der Waals surface area contributed by atoms with Crippen molar-refractivity contribution in [1.82, 2.24) is 24.9 Å². The second-order valence-corrected chi connectivity index (χ2v) is 8.92. The second-order valence-electron chi connectivity index (χ2n) is 8.92. The van der Waals surface area contributed by atoms with Crippen LogP contribution in [-0.2, 0) is 5.41 Å². The molecule has 5 nitrogen and oxygen atoms in total. The monoisotopic (exact) mass is 409 g/mol. The number of rotatable bonds is 1. The van der Waals surface area contributed by atoms with Crippen LogP contribution in [0.1, 0.15) is 26.5 Å². The molecule has 0 spiro atoms. The van der Waals surface area contributed by atoms with Crippen LogP contribution in [0.4, 0.5) is 4.39 Å². The van der Waals surface area contributed by atoms with Crippen molar-refractivity contribution in [2.24, 2.45) is 0 Å². The minimum atomic E-state index is -0.270. The van der Waals surface area contributed by atoms with E-state index in [9.17, 15) is 4.39 Å². The van der Waals surface area contributed by atoms with E-state index in [2.05, 4.69) is 40.7 Å². The van der Waals surface area contributed by atoms with E-state index in [1.165, 1.54) is 6.07 Å². The van der Waals surface area contributed by atoms with Crippen LogP contribution in [-0.4, -0.2) is 24.9 Å². The largest absolute Gasteiger partial charge is 0.357 e. The smallest absolute Gasteiger partial charge is 0.141 e. The van der Waals surface area contributed by atoms with Crippen LogP contribution in [0.5, 0.6) is 0 Å². The summed E-state index contributed by atoms with van der Waals surface area (Å²) in [6, 6.07) is 12.7. The van der Waals surface area contributed by atoms with Gasteiger partial charge in [0.05, 0.1) is 22.1 Å². The summed E-state index contributed by atoms with van der Waals surface area (Å²) in [6.45, 7) is 6.41.